The minimum Gasteiger partial charge on any atom is -0.394 e. The first-order valence-corrected chi connectivity index (χ1v) is 7.71. The largest absolute Gasteiger partial charge is 0.394 e. The third kappa shape index (κ3) is 3.30. The Labute approximate surface area is 122 Å². The van der Waals surface area contributed by atoms with Crippen LogP contribution in [0.4, 0.5) is 5.69 Å². The van der Waals surface area contributed by atoms with Gasteiger partial charge in [-0.25, -0.2) is 8.42 Å². The highest BCUT2D eigenvalue weighted by atomic mass is 35.5. The van der Waals surface area contributed by atoms with Crippen LogP contribution in [-0.4, -0.2) is 29.9 Å². The number of hydrogen-bond acceptors (Lipinski definition) is 4. The van der Waals surface area contributed by atoms with Gasteiger partial charge in [0.15, 0.2) is 0 Å². The Kier molecular flexibility index (Phi) is 4.32. The molecule has 0 amide bonds. The molecule has 2 N–H and O–H groups in total. The van der Waals surface area contributed by atoms with E-state index < -0.39 is 10.0 Å². The number of nitrogens with zero attached hydrogens (tertiary/aromatic N) is 2. The number of anilines is 1. The molecule has 0 aliphatic carbocycles. The van der Waals surface area contributed by atoms with E-state index in [9.17, 15) is 8.42 Å². The third-order valence-corrected chi connectivity index (χ3v) is 4.42. The number of aryl methyl sites for hydroxylation is 1. The van der Waals surface area contributed by atoms with Crippen molar-refractivity contribution in [2.24, 2.45) is 0 Å². The molecule has 1 aromatic carbocycles. The second-order valence-electron chi connectivity index (χ2n) is 4.23. The summed E-state index contributed by atoms with van der Waals surface area (Å²) in [5, 5.41) is 13.1. The number of aliphatic hydroxyl groups excluding tert-OH is 1. The van der Waals surface area contributed by atoms with E-state index in [0.717, 1.165) is 5.56 Å². The summed E-state index contributed by atoms with van der Waals surface area (Å²) in [5.74, 6) is 0. The lowest BCUT2D eigenvalue weighted by Crippen LogP contribution is -2.12. The third-order valence-electron chi connectivity index (χ3n) is 2.67. The van der Waals surface area contributed by atoms with Crippen LogP contribution >= 0.6 is 11.6 Å². The summed E-state index contributed by atoms with van der Waals surface area (Å²) in [6, 6.07) is 4.92. The number of hydrogen-bond donors (Lipinski definition) is 2. The number of nitrogens with one attached hydrogen (secondary N) is 1. The molecule has 2 rings (SSSR count). The number of rotatable bonds is 5. The van der Waals surface area contributed by atoms with Gasteiger partial charge in [-0.3, -0.25) is 9.40 Å². The molecule has 0 spiro atoms. The first-order chi connectivity index (χ1) is 9.42. The van der Waals surface area contributed by atoms with Crippen molar-refractivity contribution in [3.63, 3.8) is 0 Å². The lowest BCUT2D eigenvalue weighted by molar-refractivity contribution is 0.269. The Morgan fingerprint density at radius 2 is 2.20 bits per heavy atom. The van der Waals surface area contributed by atoms with Crippen LogP contribution in [0.25, 0.3) is 0 Å². The molecular formula is C12H14ClN3O3S. The zero-order chi connectivity index (χ0) is 14.8. The minimum atomic E-state index is -3.71. The second-order valence-corrected chi connectivity index (χ2v) is 6.32. The van der Waals surface area contributed by atoms with Crippen LogP contribution < -0.4 is 4.72 Å². The smallest absolute Gasteiger partial charge is 0.265 e. The van der Waals surface area contributed by atoms with Gasteiger partial charge in [0.05, 0.1) is 25.0 Å². The van der Waals surface area contributed by atoms with Gasteiger partial charge >= 0.3 is 0 Å². The average Bonchev–Trinajstić information content (AvgIpc) is 2.83. The van der Waals surface area contributed by atoms with Crippen LogP contribution in [0.1, 0.15) is 5.56 Å². The lowest BCUT2D eigenvalue weighted by Gasteiger charge is -2.07. The number of sulfonamides is 1. The van der Waals surface area contributed by atoms with Crippen LogP contribution in [0.3, 0.4) is 0 Å². The van der Waals surface area contributed by atoms with Crippen molar-refractivity contribution >= 4 is 27.3 Å². The van der Waals surface area contributed by atoms with Crippen molar-refractivity contribution in [2.75, 3.05) is 11.3 Å². The SMILES string of the molecule is Cc1ccc(NS(=O)(=O)c2cnn(CCO)c2)cc1Cl. The van der Waals surface area contributed by atoms with Crippen molar-refractivity contribution in [1.82, 2.24) is 9.78 Å². The van der Waals surface area contributed by atoms with Crippen molar-refractivity contribution < 1.29 is 13.5 Å². The molecule has 0 bridgehead atoms. The van der Waals surface area contributed by atoms with Crippen LogP contribution in [0.15, 0.2) is 35.5 Å². The zero-order valence-electron chi connectivity index (χ0n) is 10.7. The molecular weight excluding hydrogens is 302 g/mol. The van der Waals surface area contributed by atoms with Gasteiger partial charge in [-0.05, 0) is 24.6 Å². The predicted octanol–water partition coefficient (Wildman–Crippen LogP) is 1.64. The predicted molar refractivity (Wildman–Crippen MR) is 76.3 cm³/mol. The van der Waals surface area contributed by atoms with E-state index in [2.05, 4.69) is 9.82 Å². The fourth-order valence-electron chi connectivity index (χ4n) is 1.58. The van der Waals surface area contributed by atoms with Crippen molar-refractivity contribution in [2.45, 2.75) is 18.4 Å². The van der Waals surface area contributed by atoms with E-state index in [-0.39, 0.29) is 18.0 Å². The van der Waals surface area contributed by atoms with E-state index in [1.807, 2.05) is 6.92 Å². The fourth-order valence-corrected chi connectivity index (χ4v) is 2.76. The summed E-state index contributed by atoms with van der Waals surface area (Å²) in [6.07, 6.45) is 2.59. The molecule has 0 aliphatic heterocycles. The molecule has 6 nitrogen and oxygen atoms in total. The van der Waals surface area contributed by atoms with Gasteiger partial charge in [-0.15, -0.1) is 0 Å². The van der Waals surface area contributed by atoms with Crippen molar-refractivity contribution in [3.05, 3.63) is 41.2 Å². The van der Waals surface area contributed by atoms with E-state index >= 15 is 0 Å². The van der Waals surface area contributed by atoms with Crippen LogP contribution in [0.2, 0.25) is 5.02 Å². The minimum absolute atomic E-state index is 0.0302. The van der Waals surface area contributed by atoms with Gasteiger partial charge in [-0.1, -0.05) is 17.7 Å². The standard InChI is InChI=1S/C12H14ClN3O3S/c1-9-2-3-10(6-12(9)13)15-20(18,19)11-7-14-16(8-11)4-5-17/h2-3,6-8,15,17H,4-5H2,1H3. The molecule has 108 valence electrons. The number of halogens is 1. The second kappa shape index (κ2) is 5.82. The van der Waals surface area contributed by atoms with Gasteiger partial charge < -0.3 is 5.11 Å². The molecule has 2 aromatic rings. The summed E-state index contributed by atoms with van der Waals surface area (Å²) < 4.78 is 28.1. The Morgan fingerprint density at radius 3 is 2.85 bits per heavy atom. The Bertz CT molecular complexity index is 712. The Hall–Kier alpha value is -1.57. The maximum atomic E-state index is 12.1. The number of benzene rings is 1. The van der Waals surface area contributed by atoms with E-state index in [0.29, 0.717) is 10.7 Å². The van der Waals surface area contributed by atoms with Gasteiger partial charge in [0.1, 0.15) is 4.90 Å². The Morgan fingerprint density at radius 1 is 1.45 bits per heavy atom. The highest BCUT2D eigenvalue weighted by Crippen LogP contribution is 2.22. The topological polar surface area (TPSA) is 84.2 Å². The normalized spacial score (nSPS) is 11.6. The summed E-state index contributed by atoms with van der Waals surface area (Å²) in [4.78, 5) is 0.0302. The van der Waals surface area contributed by atoms with E-state index in [4.69, 9.17) is 16.7 Å². The van der Waals surface area contributed by atoms with E-state index in [1.165, 1.54) is 17.1 Å². The van der Waals surface area contributed by atoms with Gasteiger partial charge in [-0.2, -0.15) is 5.10 Å². The van der Waals surface area contributed by atoms with Gasteiger partial charge in [0, 0.05) is 11.2 Å². The van der Waals surface area contributed by atoms with Crippen LogP contribution in [0.5, 0.6) is 0 Å². The van der Waals surface area contributed by atoms with E-state index in [1.54, 1.807) is 18.2 Å². The van der Waals surface area contributed by atoms with Gasteiger partial charge in [0.2, 0.25) is 0 Å². The number of aromatic nitrogens is 2. The summed E-state index contributed by atoms with van der Waals surface area (Å²) in [7, 11) is -3.71. The number of aliphatic hydroxyl groups is 1. The van der Waals surface area contributed by atoms with Gasteiger partial charge in [0.25, 0.3) is 10.0 Å². The molecule has 0 radical (unpaired) electrons. The van der Waals surface area contributed by atoms with Crippen molar-refractivity contribution in [3.8, 4) is 0 Å². The zero-order valence-corrected chi connectivity index (χ0v) is 12.3. The molecule has 8 heteroatoms. The highest BCUT2D eigenvalue weighted by Gasteiger charge is 2.17. The monoisotopic (exact) mass is 315 g/mol. The van der Waals surface area contributed by atoms with Crippen LogP contribution in [-0.2, 0) is 16.6 Å². The molecule has 1 aromatic heterocycles. The molecule has 0 fully saturated rings. The molecule has 20 heavy (non-hydrogen) atoms. The lowest BCUT2D eigenvalue weighted by atomic mass is 10.2. The van der Waals surface area contributed by atoms with Crippen LogP contribution in [0, 0.1) is 6.92 Å². The fraction of sp³-hybridized carbons (Fsp3) is 0.250. The molecule has 0 unspecified atom stereocenters. The average molecular weight is 316 g/mol. The molecule has 0 atom stereocenters. The molecule has 0 aliphatic rings. The summed E-state index contributed by atoms with van der Waals surface area (Å²) >= 11 is 5.95. The molecule has 0 saturated carbocycles. The maximum absolute atomic E-state index is 12.1. The quantitative estimate of drug-likeness (QED) is 0.878. The van der Waals surface area contributed by atoms with Crippen molar-refractivity contribution in [1.29, 1.82) is 0 Å². The summed E-state index contributed by atoms with van der Waals surface area (Å²) in [5.41, 5.74) is 1.25. The molecule has 1 heterocycles. The first kappa shape index (κ1) is 14.8. The summed E-state index contributed by atoms with van der Waals surface area (Å²) in [6.45, 7) is 1.97. The Balaban J connectivity index is 2.23. The highest BCUT2D eigenvalue weighted by molar-refractivity contribution is 7.92. The molecule has 0 saturated heterocycles. The maximum Gasteiger partial charge on any atom is 0.265 e. The first-order valence-electron chi connectivity index (χ1n) is 5.84.